The molecule has 0 atom stereocenters. The third-order valence-electron chi connectivity index (χ3n) is 1.49. The van der Waals surface area contributed by atoms with E-state index >= 15 is 0 Å². The van der Waals surface area contributed by atoms with Crippen molar-refractivity contribution in [1.29, 1.82) is 0 Å². The number of rotatable bonds is 3. The van der Waals surface area contributed by atoms with Crippen LogP contribution >= 0.6 is 0 Å². The van der Waals surface area contributed by atoms with E-state index in [0.717, 1.165) is 19.3 Å². The number of unbranched alkanes of at least 4 members (excludes halogenated alkanes) is 3. The molecular formula is C16H30N2Sn. The molecule has 1 heterocycles. The Bertz CT molecular complexity index is 139. The molecule has 0 spiro atoms. The Morgan fingerprint density at radius 2 is 1.26 bits per heavy atom. The molecule has 0 saturated carbocycles. The van der Waals surface area contributed by atoms with Crippen molar-refractivity contribution in [3.63, 3.8) is 0 Å². The minimum Gasteiger partial charge on any atom is -0.245 e. The molecule has 108 valence electrons. The van der Waals surface area contributed by atoms with Crippen LogP contribution in [0.4, 0.5) is 0 Å². The molecule has 2 nitrogen and oxygen atoms in total. The van der Waals surface area contributed by atoms with Gasteiger partial charge < -0.3 is 0 Å². The second kappa shape index (κ2) is 36.1. The Morgan fingerprint density at radius 3 is 1.32 bits per heavy atom. The zero-order chi connectivity index (χ0) is 14.5. The van der Waals surface area contributed by atoms with Gasteiger partial charge in [-0.05, 0) is 6.07 Å². The quantitative estimate of drug-likeness (QED) is 0.719. The summed E-state index contributed by atoms with van der Waals surface area (Å²) in [5.74, 6) is 0. The van der Waals surface area contributed by atoms with Gasteiger partial charge in [0, 0.05) is 30.1 Å². The summed E-state index contributed by atoms with van der Waals surface area (Å²) in [7, 11) is 0. The van der Waals surface area contributed by atoms with Crippen molar-refractivity contribution in [3.05, 3.63) is 45.6 Å². The molecule has 0 aliphatic carbocycles. The molecule has 0 aliphatic heterocycles. The fourth-order valence-electron chi connectivity index (χ4n) is 0.225. The van der Waals surface area contributed by atoms with E-state index in [1.807, 2.05) is 0 Å². The Labute approximate surface area is 138 Å². The van der Waals surface area contributed by atoms with Crippen molar-refractivity contribution >= 4 is 23.9 Å². The summed E-state index contributed by atoms with van der Waals surface area (Å²) in [4.78, 5) is 7.19. The Hall–Kier alpha value is -0.121. The molecule has 19 heavy (non-hydrogen) atoms. The van der Waals surface area contributed by atoms with Crippen LogP contribution in [0, 0.1) is 27.0 Å². The topological polar surface area (TPSA) is 25.8 Å². The molecule has 3 heteroatoms. The Morgan fingerprint density at radius 1 is 0.895 bits per heavy atom. The largest absolute Gasteiger partial charge is 0.245 e. The summed E-state index contributed by atoms with van der Waals surface area (Å²) < 4.78 is 0. The third-order valence-corrected chi connectivity index (χ3v) is 1.49. The molecule has 0 N–H and O–H groups in total. The molecule has 0 saturated heterocycles. The van der Waals surface area contributed by atoms with E-state index in [9.17, 15) is 0 Å². The van der Waals surface area contributed by atoms with Crippen molar-refractivity contribution in [3.8, 4) is 0 Å². The van der Waals surface area contributed by atoms with Gasteiger partial charge in [-0.1, -0.05) is 80.1 Å². The minimum absolute atomic E-state index is 0. The van der Waals surface area contributed by atoms with Gasteiger partial charge in [0.1, 0.15) is 6.33 Å². The van der Waals surface area contributed by atoms with Crippen LogP contribution in [0.15, 0.2) is 18.6 Å². The molecule has 8 radical (unpaired) electrons. The van der Waals surface area contributed by atoms with Crippen LogP contribution in [0.1, 0.15) is 59.3 Å². The van der Waals surface area contributed by atoms with E-state index in [-0.39, 0.29) is 23.9 Å². The van der Waals surface area contributed by atoms with Crippen LogP contribution in [0.5, 0.6) is 0 Å². The van der Waals surface area contributed by atoms with Gasteiger partial charge >= 0.3 is 0 Å². The van der Waals surface area contributed by atoms with E-state index in [1.165, 1.54) is 25.6 Å². The zero-order valence-corrected chi connectivity index (χ0v) is 15.8. The van der Waals surface area contributed by atoms with Gasteiger partial charge in [-0.25, -0.2) is 9.97 Å². The van der Waals surface area contributed by atoms with Gasteiger partial charge in [-0.3, -0.25) is 0 Å². The smallest absolute Gasteiger partial charge is 0.116 e. The van der Waals surface area contributed by atoms with E-state index in [2.05, 4.69) is 57.7 Å². The average molecular weight is 369 g/mol. The molecule has 1 aromatic rings. The molecule has 1 aromatic heterocycles. The first-order valence-electron chi connectivity index (χ1n) is 6.74. The van der Waals surface area contributed by atoms with Crippen molar-refractivity contribution in [2.75, 3.05) is 0 Å². The fourth-order valence-corrected chi connectivity index (χ4v) is 0.225. The SMILES string of the molecule is [CH2]CCC.[CH2]CCC.[CH2]CCC.[Sn].[c]1ccncn1. The maximum absolute atomic E-state index is 3.64. The van der Waals surface area contributed by atoms with Crippen molar-refractivity contribution in [2.24, 2.45) is 0 Å². The molecule has 0 bridgehead atoms. The fraction of sp³-hybridized carbons (Fsp3) is 0.562. The van der Waals surface area contributed by atoms with Crippen LogP contribution < -0.4 is 0 Å². The summed E-state index contributed by atoms with van der Waals surface area (Å²) in [5, 5.41) is 0. The summed E-state index contributed by atoms with van der Waals surface area (Å²) >= 11 is 0. The van der Waals surface area contributed by atoms with Gasteiger partial charge in [0.15, 0.2) is 0 Å². The number of hydrogen-bond acceptors (Lipinski definition) is 2. The van der Waals surface area contributed by atoms with E-state index in [4.69, 9.17) is 0 Å². The van der Waals surface area contributed by atoms with Crippen LogP contribution in [-0.2, 0) is 0 Å². The van der Waals surface area contributed by atoms with Gasteiger partial charge in [0.05, 0.1) is 6.20 Å². The molecule has 0 fully saturated rings. The summed E-state index contributed by atoms with van der Waals surface area (Å²) in [6.07, 6.45) is 12.5. The third kappa shape index (κ3) is 57.2. The second-order valence-corrected chi connectivity index (χ2v) is 3.40. The van der Waals surface area contributed by atoms with Gasteiger partial charge in [0.25, 0.3) is 0 Å². The molecule has 0 aromatic carbocycles. The van der Waals surface area contributed by atoms with Crippen LogP contribution in [0.25, 0.3) is 0 Å². The molecule has 0 unspecified atom stereocenters. The molecule has 0 amide bonds. The van der Waals surface area contributed by atoms with Crippen molar-refractivity contribution < 1.29 is 0 Å². The first-order valence-corrected chi connectivity index (χ1v) is 6.74. The first-order chi connectivity index (χ1) is 8.74. The minimum atomic E-state index is 0. The Balaban J connectivity index is -0.0000000796. The maximum Gasteiger partial charge on any atom is 0.116 e. The molecule has 1 rings (SSSR count). The van der Waals surface area contributed by atoms with Crippen molar-refractivity contribution in [2.45, 2.75) is 59.3 Å². The molecule has 0 aliphatic rings. The predicted octanol–water partition coefficient (Wildman–Crippen LogP) is 4.76. The van der Waals surface area contributed by atoms with Gasteiger partial charge in [-0.15, -0.1) is 0 Å². The number of hydrogen-bond donors (Lipinski definition) is 0. The molecular weight excluding hydrogens is 339 g/mol. The first kappa shape index (κ1) is 27.3. The number of aromatic nitrogens is 2. The summed E-state index contributed by atoms with van der Waals surface area (Å²) in [6, 6.07) is 1.65. The Kier molecular flexibility index (Phi) is 51.8. The predicted molar refractivity (Wildman–Crippen MR) is 87.4 cm³/mol. The van der Waals surface area contributed by atoms with Crippen LogP contribution in [-0.4, -0.2) is 33.9 Å². The van der Waals surface area contributed by atoms with Crippen molar-refractivity contribution in [1.82, 2.24) is 9.97 Å². The monoisotopic (exact) mass is 370 g/mol. The van der Waals surface area contributed by atoms with Crippen LogP contribution in [0.3, 0.4) is 0 Å². The van der Waals surface area contributed by atoms with E-state index in [1.54, 1.807) is 12.3 Å². The maximum atomic E-state index is 3.64. The standard InChI is InChI=1S/C4H3N2.3C4H9.Sn/c1-2-5-4-6-3-1;3*1-3-4-2;/h1-2,4H;3*1,3-4H2,2H3;. The zero-order valence-electron chi connectivity index (χ0n) is 13.0. The van der Waals surface area contributed by atoms with E-state index < -0.39 is 0 Å². The van der Waals surface area contributed by atoms with Gasteiger partial charge in [-0.2, -0.15) is 0 Å². The average Bonchev–Trinajstić information content (AvgIpc) is 2.49. The number of nitrogens with zero attached hydrogens (tertiary/aromatic N) is 2. The van der Waals surface area contributed by atoms with Crippen LogP contribution in [0.2, 0.25) is 0 Å². The summed E-state index contributed by atoms with van der Waals surface area (Å²) in [5.41, 5.74) is 0. The van der Waals surface area contributed by atoms with Gasteiger partial charge in [0.2, 0.25) is 0 Å². The summed E-state index contributed by atoms with van der Waals surface area (Å²) in [6.45, 7) is 17.2. The van der Waals surface area contributed by atoms with E-state index in [0.29, 0.717) is 0 Å². The second-order valence-electron chi connectivity index (χ2n) is 3.40. The normalized spacial score (nSPS) is 7.26.